The van der Waals surface area contributed by atoms with Gasteiger partial charge in [-0.3, -0.25) is 9.48 Å². The van der Waals surface area contributed by atoms with E-state index in [0.717, 1.165) is 5.56 Å². The summed E-state index contributed by atoms with van der Waals surface area (Å²) in [5.41, 5.74) is 1.54. The third kappa shape index (κ3) is 2.92. The van der Waals surface area contributed by atoms with Gasteiger partial charge >= 0.3 is 0 Å². The molecule has 0 aliphatic carbocycles. The Morgan fingerprint density at radius 3 is 2.83 bits per heavy atom. The lowest BCUT2D eigenvalue weighted by Crippen LogP contribution is -2.01. The Balaban J connectivity index is 2.18. The minimum absolute atomic E-state index is 0.0865. The minimum atomic E-state index is 0.0865. The molecule has 2 rings (SSSR count). The van der Waals surface area contributed by atoms with E-state index < -0.39 is 0 Å². The predicted molar refractivity (Wildman–Crippen MR) is 72.4 cm³/mol. The summed E-state index contributed by atoms with van der Waals surface area (Å²) in [6.45, 7) is 2.35. The van der Waals surface area contributed by atoms with Crippen LogP contribution < -0.4 is 0 Å². The number of rotatable bonds is 4. The summed E-state index contributed by atoms with van der Waals surface area (Å²) in [7, 11) is 0. The van der Waals surface area contributed by atoms with E-state index in [4.69, 9.17) is 23.2 Å². The Kier molecular flexibility index (Phi) is 4.04. The van der Waals surface area contributed by atoms with Crippen LogP contribution >= 0.6 is 23.2 Å². The molecule has 0 amide bonds. The van der Waals surface area contributed by atoms with Gasteiger partial charge in [0.1, 0.15) is 0 Å². The molecule has 0 saturated carbocycles. The number of nitrogens with zero attached hydrogens (tertiary/aromatic N) is 2. The highest BCUT2D eigenvalue weighted by molar-refractivity contribution is 6.35. The number of halogens is 2. The highest BCUT2D eigenvalue weighted by atomic mass is 35.5. The molecule has 1 heterocycles. The molecule has 18 heavy (non-hydrogen) atoms. The van der Waals surface area contributed by atoms with Crippen molar-refractivity contribution in [2.24, 2.45) is 0 Å². The number of ketones is 1. The fourth-order valence-corrected chi connectivity index (χ4v) is 2.09. The normalized spacial score (nSPS) is 10.6. The molecule has 3 nitrogen and oxygen atoms in total. The van der Waals surface area contributed by atoms with E-state index in [-0.39, 0.29) is 5.78 Å². The van der Waals surface area contributed by atoms with E-state index in [2.05, 4.69) is 5.10 Å². The van der Waals surface area contributed by atoms with Crippen molar-refractivity contribution >= 4 is 29.0 Å². The van der Waals surface area contributed by atoms with Crippen LogP contribution in [0.1, 0.15) is 29.3 Å². The summed E-state index contributed by atoms with van der Waals surface area (Å²) in [4.78, 5) is 11.5. The third-order valence-electron chi connectivity index (χ3n) is 2.62. The molecular formula is C13H12Cl2N2O. The second-order valence-corrected chi connectivity index (χ2v) is 4.78. The lowest BCUT2D eigenvalue weighted by atomic mass is 10.2. The summed E-state index contributed by atoms with van der Waals surface area (Å²) in [6.07, 6.45) is 3.79. The van der Waals surface area contributed by atoms with Crippen LogP contribution in [0.25, 0.3) is 0 Å². The molecule has 0 radical (unpaired) electrons. The minimum Gasteiger partial charge on any atom is -0.294 e. The monoisotopic (exact) mass is 282 g/mol. The number of hydrogen-bond donors (Lipinski definition) is 0. The van der Waals surface area contributed by atoms with Gasteiger partial charge in [0.15, 0.2) is 5.78 Å². The Morgan fingerprint density at radius 1 is 1.39 bits per heavy atom. The zero-order valence-corrected chi connectivity index (χ0v) is 11.4. The number of hydrogen-bond acceptors (Lipinski definition) is 2. The van der Waals surface area contributed by atoms with E-state index in [1.165, 1.54) is 0 Å². The maximum Gasteiger partial charge on any atom is 0.165 e. The average molecular weight is 283 g/mol. The van der Waals surface area contributed by atoms with E-state index in [1.807, 2.05) is 13.0 Å². The number of carbonyl (C=O) groups excluding carboxylic acids is 1. The quantitative estimate of drug-likeness (QED) is 0.799. The summed E-state index contributed by atoms with van der Waals surface area (Å²) >= 11 is 11.9. The molecule has 94 valence electrons. The van der Waals surface area contributed by atoms with Crippen LogP contribution in [-0.2, 0) is 6.54 Å². The molecule has 1 aromatic heterocycles. The van der Waals surface area contributed by atoms with Gasteiger partial charge in [-0.15, -0.1) is 0 Å². The second kappa shape index (κ2) is 5.55. The second-order valence-electron chi connectivity index (χ2n) is 3.94. The maximum absolute atomic E-state index is 11.5. The molecule has 0 aliphatic rings. The number of aromatic nitrogens is 2. The van der Waals surface area contributed by atoms with Gasteiger partial charge in [-0.2, -0.15) is 5.10 Å². The molecule has 0 saturated heterocycles. The number of Topliss-reactive ketones (excluding diaryl/α,β-unsaturated/α-hetero) is 1. The van der Waals surface area contributed by atoms with Gasteiger partial charge in [-0.1, -0.05) is 36.2 Å². The lowest BCUT2D eigenvalue weighted by Gasteiger charge is -2.04. The van der Waals surface area contributed by atoms with Crippen LogP contribution in [0.3, 0.4) is 0 Å². The fraction of sp³-hybridized carbons (Fsp3) is 0.231. The van der Waals surface area contributed by atoms with Gasteiger partial charge in [0.25, 0.3) is 0 Å². The summed E-state index contributed by atoms with van der Waals surface area (Å²) < 4.78 is 1.69. The highest BCUT2D eigenvalue weighted by Gasteiger charge is 2.08. The van der Waals surface area contributed by atoms with Gasteiger partial charge < -0.3 is 0 Å². The number of benzene rings is 1. The van der Waals surface area contributed by atoms with Crippen molar-refractivity contribution in [3.8, 4) is 0 Å². The summed E-state index contributed by atoms with van der Waals surface area (Å²) in [6, 6.07) is 5.33. The van der Waals surface area contributed by atoms with Crippen LogP contribution in [0.15, 0.2) is 30.6 Å². The van der Waals surface area contributed by atoms with Crippen molar-refractivity contribution in [3.05, 3.63) is 51.8 Å². The Bertz CT molecular complexity index is 578. The first kappa shape index (κ1) is 13.1. The maximum atomic E-state index is 11.5. The Morgan fingerprint density at radius 2 is 2.17 bits per heavy atom. The van der Waals surface area contributed by atoms with Crippen LogP contribution in [0, 0.1) is 0 Å². The van der Waals surface area contributed by atoms with Crippen molar-refractivity contribution < 1.29 is 4.79 Å². The van der Waals surface area contributed by atoms with Gasteiger partial charge in [0.05, 0.1) is 18.3 Å². The van der Waals surface area contributed by atoms with E-state index >= 15 is 0 Å². The SMILES string of the molecule is CCC(=O)c1cnn(Cc2ccc(Cl)cc2Cl)c1. The van der Waals surface area contributed by atoms with Crippen LogP contribution in [-0.4, -0.2) is 15.6 Å². The first-order valence-corrected chi connectivity index (χ1v) is 6.35. The zero-order chi connectivity index (χ0) is 13.1. The fourth-order valence-electron chi connectivity index (χ4n) is 1.62. The molecule has 0 fully saturated rings. The molecule has 0 atom stereocenters. The standard InChI is InChI=1S/C13H12Cl2N2O/c1-2-13(18)10-6-16-17(8-10)7-9-3-4-11(14)5-12(9)15/h3-6,8H,2,7H2,1H3. The van der Waals surface area contributed by atoms with Gasteiger partial charge in [-0.25, -0.2) is 0 Å². The van der Waals surface area contributed by atoms with Crippen molar-refractivity contribution in [2.45, 2.75) is 19.9 Å². The first-order chi connectivity index (χ1) is 8.60. The van der Waals surface area contributed by atoms with Crippen LogP contribution in [0.5, 0.6) is 0 Å². The molecule has 0 unspecified atom stereocenters. The Hall–Kier alpha value is -1.32. The molecule has 0 spiro atoms. The van der Waals surface area contributed by atoms with Crippen LogP contribution in [0.2, 0.25) is 10.0 Å². The molecule has 0 N–H and O–H groups in total. The van der Waals surface area contributed by atoms with Gasteiger partial charge in [0, 0.05) is 22.7 Å². The number of carbonyl (C=O) groups is 1. The van der Waals surface area contributed by atoms with Crippen molar-refractivity contribution in [3.63, 3.8) is 0 Å². The molecule has 2 aromatic rings. The molecular weight excluding hydrogens is 271 g/mol. The molecule has 0 aliphatic heterocycles. The van der Waals surface area contributed by atoms with Crippen molar-refractivity contribution in [2.75, 3.05) is 0 Å². The largest absolute Gasteiger partial charge is 0.294 e. The van der Waals surface area contributed by atoms with Gasteiger partial charge in [0.2, 0.25) is 0 Å². The highest BCUT2D eigenvalue weighted by Crippen LogP contribution is 2.21. The van der Waals surface area contributed by atoms with E-state index in [9.17, 15) is 4.79 Å². The average Bonchev–Trinajstić information content (AvgIpc) is 2.80. The van der Waals surface area contributed by atoms with Gasteiger partial charge in [-0.05, 0) is 17.7 Å². The predicted octanol–water partition coefficient (Wildman–Crippen LogP) is 3.83. The molecule has 0 bridgehead atoms. The topological polar surface area (TPSA) is 34.9 Å². The van der Waals surface area contributed by atoms with Crippen molar-refractivity contribution in [1.82, 2.24) is 9.78 Å². The van der Waals surface area contributed by atoms with E-state index in [0.29, 0.717) is 28.6 Å². The summed E-state index contributed by atoms with van der Waals surface area (Å²) in [5.74, 6) is 0.0865. The molecule has 1 aromatic carbocycles. The third-order valence-corrected chi connectivity index (χ3v) is 3.21. The summed E-state index contributed by atoms with van der Waals surface area (Å²) in [5, 5.41) is 5.35. The first-order valence-electron chi connectivity index (χ1n) is 5.59. The molecule has 5 heteroatoms. The lowest BCUT2D eigenvalue weighted by molar-refractivity contribution is 0.0988. The van der Waals surface area contributed by atoms with E-state index in [1.54, 1.807) is 29.2 Å². The Labute approximate surface area is 115 Å². The zero-order valence-electron chi connectivity index (χ0n) is 9.86. The smallest absolute Gasteiger partial charge is 0.165 e. The van der Waals surface area contributed by atoms with Crippen LogP contribution in [0.4, 0.5) is 0 Å². The van der Waals surface area contributed by atoms with Crippen molar-refractivity contribution in [1.29, 1.82) is 0 Å².